The second kappa shape index (κ2) is 8.06. The Kier molecular flexibility index (Phi) is 5.49. The highest BCUT2D eigenvalue weighted by Crippen LogP contribution is 2.66. The number of benzene rings is 1. The van der Waals surface area contributed by atoms with Gasteiger partial charge in [-0.1, -0.05) is 30.3 Å². The van der Waals surface area contributed by atoms with Gasteiger partial charge in [-0.15, -0.1) is 22.7 Å². The Hall–Kier alpha value is -2.91. The van der Waals surface area contributed by atoms with Gasteiger partial charge in [0.05, 0.1) is 0 Å². The van der Waals surface area contributed by atoms with E-state index in [2.05, 4.69) is 4.98 Å². The van der Waals surface area contributed by atoms with Crippen LogP contribution in [0.2, 0.25) is 0 Å². The molecule has 0 amide bonds. The summed E-state index contributed by atoms with van der Waals surface area (Å²) in [6.45, 7) is 2.94. The molecule has 1 aliphatic rings. The zero-order valence-electron chi connectivity index (χ0n) is 18.4. The number of rotatable bonds is 4. The summed E-state index contributed by atoms with van der Waals surface area (Å²) in [4.78, 5) is 5.43. The van der Waals surface area contributed by atoms with Gasteiger partial charge in [-0.3, -0.25) is 4.98 Å². The topological polar surface area (TPSA) is 12.9 Å². The Labute approximate surface area is 205 Å². The van der Waals surface area contributed by atoms with Crippen LogP contribution >= 0.6 is 22.7 Å². The van der Waals surface area contributed by atoms with Crippen molar-refractivity contribution in [2.24, 2.45) is 0 Å². The molecule has 4 aromatic rings. The van der Waals surface area contributed by atoms with E-state index >= 15 is 17.6 Å². The number of halogens is 6. The normalized spacial score (nSPS) is 18.3. The molecule has 0 atom stereocenters. The molecule has 0 fully saturated rings. The van der Waals surface area contributed by atoms with Crippen LogP contribution in [0.15, 0.2) is 67.0 Å². The Bertz CT molecular complexity index is 1330. The quantitative estimate of drug-likeness (QED) is 0.244. The fourth-order valence-corrected chi connectivity index (χ4v) is 6.36. The molecule has 0 radical (unpaired) electrons. The summed E-state index contributed by atoms with van der Waals surface area (Å²) in [5, 5.41) is 0. The van der Waals surface area contributed by atoms with Gasteiger partial charge < -0.3 is 0 Å². The highest BCUT2D eigenvalue weighted by molar-refractivity contribution is 7.16. The fourth-order valence-electron chi connectivity index (χ4n) is 4.30. The molecule has 0 bridgehead atoms. The Morgan fingerprint density at radius 1 is 0.629 bits per heavy atom. The standard InChI is InChI=1S/C26H17F6NS2/c1-14-18(12-20(34-14)16-6-4-3-5-7-16)22-23(25(29,30)26(31,32)24(22,27)28)19-13-21(35-15(19)2)17-8-10-33-11-9-17/h3-13H,1-2H3. The first-order chi connectivity index (χ1) is 16.5. The number of thiophene rings is 2. The number of hydrogen-bond donors (Lipinski definition) is 0. The fraction of sp³-hybridized carbons (Fsp3) is 0.192. The van der Waals surface area contributed by atoms with Gasteiger partial charge in [0.2, 0.25) is 0 Å². The van der Waals surface area contributed by atoms with Crippen LogP contribution in [0, 0.1) is 13.8 Å². The third-order valence-corrected chi connectivity index (χ3v) is 8.26. The van der Waals surface area contributed by atoms with E-state index in [-0.39, 0.29) is 20.9 Å². The molecule has 0 spiro atoms. The van der Waals surface area contributed by atoms with Crippen molar-refractivity contribution in [3.63, 3.8) is 0 Å². The lowest BCUT2D eigenvalue weighted by Gasteiger charge is -2.25. The minimum Gasteiger partial charge on any atom is -0.265 e. The van der Waals surface area contributed by atoms with Gasteiger partial charge in [0.15, 0.2) is 0 Å². The third kappa shape index (κ3) is 3.47. The molecule has 0 unspecified atom stereocenters. The van der Waals surface area contributed by atoms with Crippen molar-refractivity contribution in [2.75, 3.05) is 0 Å². The maximum absolute atomic E-state index is 15.3. The smallest absolute Gasteiger partial charge is 0.265 e. The summed E-state index contributed by atoms with van der Waals surface area (Å²) in [5.74, 6) is -15.7. The van der Waals surface area contributed by atoms with Crippen molar-refractivity contribution in [1.82, 2.24) is 4.98 Å². The second-order valence-corrected chi connectivity index (χ2v) is 10.7. The monoisotopic (exact) mass is 521 g/mol. The van der Waals surface area contributed by atoms with Crippen molar-refractivity contribution in [3.05, 3.63) is 87.9 Å². The predicted molar refractivity (Wildman–Crippen MR) is 128 cm³/mol. The average molecular weight is 522 g/mol. The van der Waals surface area contributed by atoms with Crippen molar-refractivity contribution in [3.8, 4) is 20.9 Å². The predicted octanol–water partition coefficient (Wildman–Crippen LogP) is 8.99. The maximum Gasteiger partial charge on any atom is 0.380 e. The van der Waals surface area contributed by atoms with E-state index in [1.54, 1.807) is 42.5 Å². The lowest BCUT2D eigenvalue weighted by Crippen LogP contribution is -2.48. The Morgan fingerprint density at radius 2 is 1.06 bits per heavy atom. The van der Waals surface area contributed by atoms with E-state index in [0.29, 0.717) is 20.9 Å². The Balaban J connectivity index is 1.78. The molecule has 0 saturated heterocycles. The molecule has 3 heterocycles. The number of nitrogens with zero attached hydrogens (tertiary/aromatic N) is 1. The minimum absolute atomic E-state index is 0.244. The van der Waals surface area contributed by atoms with Gasteiger partial charge in [-0.05, 0) is 60.4 Å². The van der Waals surface area contributed by atoms with Crippen molar-refractivity contribution in [2.45, 2.75) is 31.6 Å². The first kappa shape index (κ1) is 23.8. The van der Waals surface area contributed by atoms with Gasteiger partial charge in [-0.25, -0.2) is 0 Å². The summed E-state index contributed by atoms with van der Waals surface area (Å²) in [6.07, 6.45) is 3.00. The molecule has 3 aromatic heterocycles. The number of pyridine rings is 1. The van der Waals surface area contributed by atoms with E-state index < -0.39 is 28.9 Å². The molecular formula is C26H17F6NS2. The van der Waals surface area contributed by atoms with Gasteiger partial charge >= 0.3 is 17.8 Å². The number of allylic oxidation sites excluding steroid dienone is 2. The van der Waals surface area contributed by atoms with E-state index in [4.69, 9.17) is 0 Å². The first-order valence-electron chi connectivity index (χ1n) is 10.5. The van der Waals surface area contributed by atoms with Crippen LogP contribution in [0.4, 0.5) is 26.3 Å². The molecule has 180 valence electrons. The number of aryl methyl sites for hydroxylation is 2. The van der Waals surface area contributed by atoms with E-state index in [9.17, 15) is 8.78 Å². The van der Waals surface area contributed by atoms with Gasteiger partial charge in [-0.2, -0.15) is 26.3 Å². The summed E-state index contributed by atoms with van der Waals surface area (Å²) in [7, 11) is 0. The zero-order valence-corrected chi connectivity index (χ0v) is 20.0. The SMILES string of the molecule is Cc1sc(-c2ccccc2)cc1C1=C(c2cc(-c3ccncc3)sc2C)C(F)(F)C(F)(F)C1(F)F. The molecule has 0 saturated carbocycles. The van der Waals surface area contributed by atoms with Crippen LogP contribution in [0.5, 0.6) is 0 Å². The largest absolute Gasteiger partial charge is 0.380 e. The molecule has 0 aliphatic heterocycles. The minimum atomic E-state index is -5.59. The zero-order chi connectivity index (χ0) is 25.2. The van der Waals surface area contributed by atoms with Crippen LogP contribution in [0.3, 0.4) is 0 Å². The van der Waals surface area contributed by atoms with Crippen molar-refractivity contribution < 1.29 is 26.3 Å². The summed E-state index contributed by atoms with van der Waals surface area (Å²) in [5.41, 5.74) is -1.92. The number of alkyl halides is 6. The Morgan fingerprint density at radius 3 is 1.51 bits per heavy atom. The van der Waals surface area contributed by atoms with Crippen LogP contribution in [-0.4, -0.2) is 22.8 Å². The summed E-state index contributed by atoms with van der Waals surface area (Å²) >= 11 is 2.17. The van der Waals surface area contributed by atoms with Crippen molar-refractivity contribution in [1.29, 1.82) is 0 Å². The third-order valence-electron chi connectivity index (χ3n) is 6.06. The summed E-state index contributed by atoms with van der Waals surface area (Å²) < 4.78 is 90.6. The molecule has 35 heavy (non-hydrogen) atoms. The molecule has 0 N–H and O–H groups in total. The van der Waals surface area contributed by atoms with Gasteiger partial charge in [0.25, 0.3) is 0 Å². The lowest BCUT2D eigenvalue weighted by atomic mass is 9.94. The first-order valence-corrected chi connectivity index (χ1v) is 12.2. The summed E-state index contributed by atoms with van der Waals surface area (Å²) in [6, 6.07) is 14.6. The molecule has 1 aliphatic carbocycles. The van der Waals surface area contributed by atoms with Crippen molar-refractivity contribution >= 4 is 33.8 Å². The molecule has 5 rings (SSSR count). The van der Waals surface area contributed by atoms with Crippen LogP contribution in [0.1, 0.15) is 20.9 Å². The van der Waals surface area contributed by atoms with Crippen LogP contribution in [-0.2, 0) is 0 Å². The van der Waals surface area contributed by atoms with E-state index in [0.717, 1.165) is 22.7 Å². The van der Waals surface area contributed by atoms with Gasteiger partial charge in [0, 0.05) is 43.0 Å². The highest BCUT2D eigenvalue weighted by Gasteiger charge is 2.80. The molecule has 9 heteroatoms. The van der Waals surface area contributed by atoms with E-state index in [1.807, 2.05) is 0 Å². The number of aromatic nitrogens is 1. The van der Waals surface area contributed by atoms with Crippen LogP contribution in [0.25, 0.3) is 32.0 Å². The molecule has 1 aromatic carbocycles. The molecular weight excluding hydrogens is 504 g/mol. The van der Waals surface area contributed by atoms with E-state index in [1.165, 1.54) is 38.4 Å². The highest BCUT2D eigenvalue weighted by atomic mass is 32.1. The molecule has 1 nitrogen and oxygen atoms in total. The average Bonchev–Trinajstić information content (AvgIpc) is 3.42. The second-order valence-electron chi connectivity index (χ2n) is 8.24. The maximum atomic E-state index is 15.3. The van der Waals surface area contributed by atoms with Crippen LogP contribution < -0.4 is 0 Å². The number of hydrogen-bond acceptors (Lipinski definition) is 3. The van der Waals surface area contributed by atoms with Gasteiger partial charge in [0.1, 0.15) is 0 Å². The lowest BCUT2D eigenvalue weighted by molar-refractivity contribution is -0.254.